The zero-order valence-corrected chi connectivity index (χ0v) is 7.47. The minimum absolute atomic E-state index is 0.0684. The number of rotatable bonds is 1. The lowest BCUT2D eigenvalue weighted by Gasteiger charge is -2.15. The van der Waals surface area contributed by atoms with Gasteiger partial charge in [-0.05, 0) is 34.6 Å². The first kappa shape index (κ1) is 9.63. The van der Waals surface area contributed by atoms with E-state index in [-0.39, 0.29) is 5.54 Å². The van der Waals surface area contributed by atoms with Crippen LogP contribution < -0.4 is 0 Å². The van der Waals surface area contributed by atoms with Gasteiger partial charge in [0.15, 0.2) is 0 Å². The Morgan fingerprint density at radius 1 is 1.40 bits per heavy atom. The highest BCUT2D eigenvalue weighted by Crippen LogP contribution is 2.07. The third-order valence-corrected chi connectivity index (χ3v) is 1.12. The first-order chi connectivity index (χ1) is 4.33. The lowest BCUT2D eigenvalue weighted by molar-refractivity contribution is 0.260. The van der Waals surface area contributed by atoms with Crippen molar-refractivity contribution in [1.82, 2.24) is 0 Å². The molecule has 2 heteroatoms. The minimum Gasteiger partial charge on any atom is -0.387 e. The molecule has 0 radical (unpaired) electrons. The van der Waals surface area contributed by atoms with Gasteiger partial charge in [0.2, 0.25) is 0 Å². The largest absolute Gasteiger partial charge is 0.387 e. The van der Waals surface area contributed by atoms with Gasteiger partial charge in [-0.3, -0.25) is 4.99 Å². The molecule has 1 atom stereocenters. The molecular formula is C8H17NO. The standard InChI is InChI=1S/C8H17NO/c1-6(7(2)10)9-8(3,4)5/h7,10H,1-5H3. The lowest BCUT2D eigenvalue weighted by atomic mass is 10.1. The van der Waals surface area contributed by atoms with Gasteiger partial charge in [0.25, 0.3) is 0 Å². The van der Waals surface area contributed by atoms with Gasteiger partial charge in [0, 0.05) is 5.71 Å². The summed E-state index contributed by atoms with van der Waals surface area (Å²) in [7, 11) is 0. The molecule has 0 aliphatic carbocycles. The van der Waals surface area contributed by atoms with Gasteiger partial charge in [-0.2, -0.15) is 0 Å². The van der Waals surface area contributed by atoms with Gasteiger partial charge in [-0.15, -0.1) is 0 Å². The Labute approximate surface area is 63.0 Å². The molecule has 1 unspecified atom stereocenters. The van der Waals surface area contributed by atoms with Crippen molar-refractivity contribution >= 4 is 5.71 Å². The molecule has 0 spiro atoms. The molecule has 60 valence electrons. The Kier molecular flexibility index (Phi) is 3.03. The van der Waals surface area contributed by atoms with Crippen molar-refractivity contribution in [3.63, 3.8) is 0 Å². The minimum atomic E-state index is -0.417. The molecule has 0 aliphatic heterocycles. The molecule has 1 N–H and O–H groups in total. The smallest absolute Gasteiger partial charge is 0.0885 e. The first-order valence-corrected chi connectivity index (χ1v) is 3.57. The normalized spacial score (nSPS) is 17.2. The number of aliphatic hydroxyl groups is 1. The van der Waals surface area contributed by atoms with Crippen molar-refractivity contribution in [2.45, 2.75) is 46.3 Å². The first-order valence-electron chi connectivity index (χ1n) is 3.57. The number of aliphatic hydroxyl groups excluding tert-OH is 1. The Balaban J connectivity index is 4.17. The van der Waals surface area contributed by atoms with E-state index >= 15 is 0 Å². The van der Waals surface area contributed by atoms with E-state index in [2.05, 4.69) is 4.99 Å². The number of aliphatic imine (C=N–C) groups is 1. The van der Waals surface area contributed by atoms with E-state index in [1.807, 2.05) is 27.7 Å². The van der Waals surface area contributed by atoms with E-state index in [1.165, 1.54) is 0 Å². The van der Waals surface area contributed by atoms with Gasteiger partial charge in [-0.25, -0.2) is 0 Å². The van der Waals surface area contributed by atoms with Crippen LogP contribution in [0.15, 0.2) is 4.99 Å². The molecule has 0 aromatic carbocycles. The maximum Gasteiger partial charge on any atom is 0.0885 e. The highest BCUT2D eigenvalue weighted by molar-refractivity contribution is 5.86. The fourth-order valence-electron chi connectivity index (χ4n) is 0.622. The second-order valence-electron chi connectivity index (χ2n) is 3.60. The molecule has 0 rings (SSSR count). The van der Waals surface area contributed by atoms with Crippen LogP contribution in [0.1, 0.15) is 34.6 Å². The highest BCUT2D eigenvalue weighted by Gasteiger charge is 2.09. The van der Waals surface area contributed by atoms with Gasteiger partial charge >= 0.3 is 0 Å². The second kappa shape index (κ2) is 3.15. The Morgan fingerprint density at radius 2 is 1.80 bits per heavy atom. The number of hydrogen-bond donors (Lipinski definition) is 1. The molecule has 0 amide bonds. The summed E-state index contributed by atoms with van der Waals surface area (Å²) in [4.78, 5) is 4.28. The van der Waals surface area contributed by atoms with E-state index in [0.29, 0.717) is 0 Å². The summed E-state index contributed by atoms with van der Waals surface area (Å²) in [6.07, 6.45) is -0.417. The van der Waals surface area contributed by atoms with Crippen LogP contribution in [0.3, 0.4) is 0 Å². The summed E-state index contributed by atoms with van der Waals surface area (Å²) in [5, 5.41) is 9.05. The van der Waals surface area contributed by atoms with Crippen molar-refractivity contribution in [1.29, 1.82) is 0 Å². The Hall–Kier alpha value is -0.370. The summed E-state index contributed by atoms with van der Waals surface area (Å²) in [5.74, 6) is 0. The molecular weight excluding hydrogens is 126 g/mol. The molecule has 0 saturated carbocycles. The summed E-state index contributed by atoms with van der Waals surface area (Å²) in [6, 6.07) is 0. The third-order valence-electron chi connectivity index (χ3n) is 1.12. The van der Waals surface area contributed by atoms with Crippen LogP contribution in [-0.2, 0) is 0 Å². The van der Waals surface area contributed by atoms with E-state index in [0.717, 1.165) is 5.71 Å². The van der Waals surface area contributed by atoms with Crippen molar-refractivity contribution in [3.05, 3.63) is 0 Å². The van der Waals surface area contributed by atoms with E-state index in [4.69, 9.17) is 5.11 Å². The van der Waals surface area contributed by atoms with E-state index in [1.54, 1.807) is 6.92 Å². The molecule has 2 nitrogen and oxygen atoms in total. The summed E-state index contributed by atoms with van der Waals surface area (Å²) < 4.78 is 0. The van der Waals surface area contributed by atoms with Crippen LogP contribution in [0.25, 0.3) is 0 Å². The zero-order valence-electron chi connectivity index (χ0n) is 7.47. The van der Waals surface area contributed by atoms with Crippen LogP contribution >= 0.6 is 0 Å². The average Bonchev–Trinajstić information content (AvgIpc) is 1.60. The quantitative estimate of drug-likeness (QED) is 0.556. The van der Waals surface area contributed by atoms with Crippen molar-refractivity contribution in [3.8, 4) is 0 Å². The maximum absolute atomic E-state index is 9.05. The van der Waals surface area contributed by atoms with Gasteiger partial charge in [-0.1, -0.05) is 0 Å². The predicted molar refractivity (Wildman–Crippen MR) is 44.5 cm³/mol. The van der Waals surface area contributed by atoms with Crippen molar-refractivity contribution in [2.24, 2.45) is 4.99 Å². The topological polar surface area (TPSA) is 32.6 Å². The molecule has 10 heavy (non-hydrogen) atoms. The molecule has 0 bridgehead atoms. The van der Waals surface area contributed by atoms with Crippen molar-refractivity contribution in [2.75, 3.05) is 0 Å². The van der Waals surface area contributed by atoms with Crippen LogP contribution in [0, 0.1) is 0 Å². The average molecular weight is 143 g/mol. The fraction of sp³-hybridized carbons (Fsp3) is 0.875. The van der Waals surface area contributed by atoms with Crippen LogP contribution in [0.5, 0.6) is 0 Å². The van der Waals surface area contributed by atoms with E-state index in [9.17, 15) is 0 Å². The summed E-state index contributed by atoms with van der Waals surface area (Å²) >= 11 is 0. The molecule has 0 heterocycles. The zero-order chi connectivity index (χ0) is 8.36. The monoisotopic (exact) mass is 143 g/mol. The fourth-order valence-corrected chi connectivity index (χ4v) is 0.622. The predicted octanol–water partition coefficient (Wildman–Crippen LogP) is 1.63. The second-order valence-corrected chi connectivity index (χ2v) is 3.60. The molecule has 0 aromatic rings. The Bertz CT molecular complexity index is 131. The lowest BCUT2D eigenvalue weighted by Crippen LogP contribution is -2.19. The summed E-state index contributed by atoms with van der Waals surface area (Å²) in [5.41, 5.74) is 0.730. The molecule has 0 fully saturated rings. The number of nitrogens with zero attached hydrogens (tertiary/aromatic N) is 1. The molecule has 0 saturated heterocycles. The summed E-state index contributed by atoms with van der Waals surface area (Å²) in [6.45, 7) is 9.61. The maximum atomic E-state index is 9.05. The van der Waals surface area contributed by atoms with Gasteiger partial charge < -0.3 is 5.11 Å². The van der Waals surface area contributed by atoms with Gasteiger partial charge in [0.1, 0.15) is 0 Å². The van der Waals surface area contributed by atoms with Crippen LogP contribution in [0.2, 0.25) is 0 Å². The van der Waals surface area contributed by atoms with Gasteiger partial charge in [0.05, 0.1) is 11.6 Å². The van der Waals surface area contributed by atoms with Crippen LogP contribution in [0.4, 0.5) is 0 Å². The Morgan fingerprint density at radius 3 is 1.90 bits per heavy atom. The third kappa shape index (κ3) is 4.50. The SMILES string of the molecule is CC(=NC(C)(C)C)C(C)O. The van der Waals surface area contributed by atoms with Crippen molar-refractivity contribution < 1.29 is 5.11 Å². The van der Waals surface area contributed by atoms with Crippen LogP contribution in [-0.4, -0.2) is 22.5 Å². The number of hydrogen-bond acceptors (Lipinski definition) is 2. The molecule has 0 aliphatic rings. The molecule has 0 aromatic heterocycles. The highest BCUT2D eigenvalue weighted by atomic mass is 16.3. The van der Waals surface area contributed by atoms with E-state index < -0.39 is 6.10 Å².